The van der Waals surface area contributed by atoms with Gasteiger partial charge in [0.1, 0.15) is 0 Å². The van der Waals surface area contributed by atoms with Gasteiger partial charge in [0.05, 0.1) is 0 Å². The van der Waals surface area contributed by atoms with Crippen molar-refractivity contribution in [3.8, 4) is 0 Å². The molecule has 2 aliphatic rings. The van der Waals surface area contributed by atoms with Gasteiger partial charge in [-0.15, -0.1) is 0 Å². The molecular formula is C14H20N2. The molecule has 0 aromatic heterocycles. The normalized spacial score (nSPS) is 21.1. The van der Waals surface area contributed by atoms with E-state index >= 15 is 0 Å². The molecule has 0 spiro atoms. The molecule has 0 atom stereocenters. The summed E-state index contributed by atoms with van der Waals surface area (Å²) in [5.41, 5.74) is 4.75. The van der Waals surface area contributed by atoms with Gasteiger partial charge in [0.15, 0.2) is 0 Å². The molecule has 0 saturated heterocycles. The Kier molecular flexibility index (Phi) is 2.40. The second kappa shape index (κ2) is 3.77. The number of benzene rings is 1. The van der Waals surface area contributed by atoms with Gasteiger partial charge >= 0.3 is 0 Å². The molecule has 86 valence electrons. The van der Waals surface area contributed by atoms with Crippen LogP contribution in [-0.4, -0.2) is 12.1 Å². The lowest BCUT2D eigenvalue weighted by Crippen LogP contribution is -2.28. The zero-order valence-electron chi connectivity index (χ0n) is 9.97. The zero-order valence-corrected chi connectivity index (χ0v) is 9.97. The van der Waals surface area contributed by atoms with Gasteiger partial charge in [-0.25, -0.2) is 0 Å². The van der Waals surface area contributed by atoms with Gasteiger partial charge in [-0.2, -0.15) is 0 Å². The molecule has 2 N–H and O–H groups in total. The Morgan fingerprint density at radius 1 is 1.38 bits per heavy atom. The van der Waals surface area contributed by atoms with Crippen LogP contribution in [0.15, 0.2) is 18.2 Å². The van der Waals surface area contributed by atoms with Crippen molar-refractivity contribution >= 4 is 5.69 Å². The topological polar surface area (TPSA) is 24.1 Å². The third kappa shape index (κ3) is 1.94. The summed E-state index contributed by atoms with van der Waals surface area (Å²) in [6.07, 6.45) is 5.15. The zero-order chi connectivity index (χ0) is 11.0. The van der Waals surface area contributed by atoms with E-state index in [2.05, 4.69) is 35.8 Å². The van der Waals surface area contributed by atoms with E-state index in [9.17, 15) is 0 Å². The van der Waals surface area contributed by atoms with Crippen molar-refractivity contribution < 1.29 is 0 Å². The van der Waals surface area contributed by atoms with Crippen LogP contribution >= 0.6 is 0 Å². The van der Waals surface area contributed by atoms with Crippen LogP contribution in [-0.2, 0) is 13.0 Å². The Morgan fingerprint density at radius 3 is 3.06 bits per heavy atom. The van der Waals surface area contributed by atoms with Gasteiger partial charge < -0.3 is 10.6 Å². The molecule has 1 aliphatic heterocycles. The summed E-state index contributed by atoms with van der Waals surface area (Å²) >= 11 is 0. The van der Waals surface area contributed by atoms with Crippen molar-refractivity contribution in [1.82, 2.24) is 5.32 Å². The molecule has 1 aromatic rings. The second-order valence-electron chi connectivity index (χ2n) is 5.40. The van der Waals surface area contributed by atoms with Crippen molar-refractivity contribution in [3.63, 3.8) is 0 Å². The maximum Gasteiger partial charge on any atom is 0.0418 e. The molecule has 2 nitrogen and oxygen atoms in total. The number of aryl methyl sites for hydroxylation is 1. The van der Waals surface area contributed by atoms with E-state index in [-0.39, 0.29) is 0 Å². The van der Waals surface area contributed by atoms with Gasteiger partial charge in [-0.05, 0) is 43.7 Å². The van der Waals surface area contributed by atoms with Gasteiger partial charge in [0.2, 0.25) is 0 Å². The van der Waals surface area contributed by atoms with Crippen LogP contribution in [0.3, 0.4) is 0 Å². The minimum atomic E-state index is 0.428. The molecule has 3 rings (SSSR count). The number of nitrogens with one attached hydrogen (secondary N) is 2. The van der Waals surface area contributed by atoms with Crippen LogP contribution in [0.1, 0.15) is 37.3 Å². The van der Waals surface area contributed by atoms with Crippen molar-refractivity contribution in [2.75, 3.05) is 11.9 Å². The van der Waals surface area contributed by atoms with E-state index in [4.69, 9.17) is 0 Å². The molecule has 2 heteroatoms. The first kappa shape index (κ1) is 10.2. The lowest BCUT2D eigenvalue weighted by atomic mass is 9.99. The lowest BCUT2D eigenvalue weighted by Gasteiger charge is -2.22. The monoisotopic (exact) mass is 216 g/mol. The number of rotatable bonds is 3. The molecular weight excluding hydrogens is 196 g/mol. The summed E-state index contributed by atoms with van der Waals surface area (Å²) in [5, 5.41) is 7.21. The first-order valence-electron chi connectivity index (χ1n) is 6.37. The summed E-state index contributed by atoms with van der Waals surface area (Å²) in [6.45, 7) is 4.45. The molecule has 0 amide bonds. The smallest absolute Gasteiger partial charge is 0.0418 e. The average molecular weight is 216 g/mol. The van der Waals surface area contributed by atoms with Crippen molar-refractivity contribution in [2.24, 2.45) is 0 Å². The highest BCUT2D eigenvalue weighted by atomic mass is 15.0. The summed E-state index contributed by atoms with van der Waals surface area (Å²) in [4.78, 5) is 0. The van der Waals surface area contributed by atoms with Crippen molar-refractivity contribution in [2.45, 2.75) is 44.7 Å². The number of anilines is 1. The van der Waals surface area contributed by atoms with Crippen LogP contribution < -0.4 is 10.6 Å². The highest BCUT2D eigenvalue weighted by Gasteiger charge is 2.36. The van der Waals surface area contributed by atoms with Crippen LogP contribution in [0, 0.1) is 0 Å². The summed E-state index contributed by atoms with van der Waals surface area (Å²) in [5.74, 6) is 0. The molecule has 0 unspecified atom stereocenters. The Labute approximate surface area is 97.4 Å². The van der Waals surface area contributed by atoms with E-state index in [0.29, 0.717) is 5.54 Å². The standard InChI is InChI=1S/C14H20N2/c1-14(7-8-14)16-10-12-5-2-4-11-6-3-9-15-13(11)12/h2,4-5,15-16H,3,6-10H2,1H3. The minimum Gasteiger partial charge on any atom is -0.385 e. The van der Waals surface area contributed by atoms with Gasteiger partial charge in [-0.1, -0.05) is 18.2 Å². The Balaban J connectivity index is 1.78. The van der Waals surface area contributed by atoms with Crippen LogP contribution in [0.2, 0.25) is 0 Å². The van der Waals surface area contributed by atoms with Gasteiger partial charge in [0.25, 0.3) is 0 Å². The summed E-state index contributed by atoms with van der Waals surface area (Å²) in [7, 11) is 0. The molecule has 16 heavy (non-hydrogen) atoms. The molecule has 1 aromatic carbocycles. The minimum absolute atomic E-state index is 0.428. The Bertz CT molecular complexity index is 394. The second-order valence-corrected chi connectivity index (χ2v) is 5.40. The maximum atomic E-state index is 3.66. The first-order chi connectivity index (χ1) is 7.77. The number of fused-ring (bicyclic) bond motifs is 1. The molecule has 0 radical (unpaired) electrons. The molecule has 1 fully saturated rings. The van der Waals surface area contributed by atoms with E-state index in [0.717, 1.165) is 13.1 Å². The summed E-state index contributed by atoms with van der Waals surface area (Å²) in [6, 6.07) is 6.69. The van der Waals surface area contributed by atoms with E-state index in [1.807, 2.05) is 0 Å². The number of para-hydroxylation sites is 1. The highest BCUT2D eigenvalue weighted by molar-refractivity contribution is 5.59. The predicted molar refractivity (Wildman–Crippen MR) is 67.7 cm³/mol. The number of hydrogen-bond acceptors (Lipinski definition) is 2. The third-order valence-electron chi connectivity index (χ3n) is 3.87. The Morgan fingerprint density at radius 2 is 2.25 bits per heavy atom. The molecule has 1 aliphatic carbocycles. The molecule has 1 saturated carbocycles. The molecule has 1 heterocycles. The van der Waals surface area contributed by atoms with Crippen LogP contribution in [0.5, 0.6) is 0 Å². The van der Waals surface area contributed by atoms with Crippen LogP contribution in [0.4, 0.5) is 5.69 Å². The largest absolute Gasteiger partial charge is 0.385 e. The third-order valence-corrected chi connectivity index (χ3v) is 3.87. The predicted octanol–water partition coefficient (Wildman–Crippen LogP) is 2.69. The number of hydrogen-bond donors (Lipinski definition) is 2. The van der Waals surface area contributed by atoms with E-state index < -0.39 is 0 Å². The lowest BCUT2D eigenvalue weighted by molar-refractivity contribution is 0.537. The first-order valence-corrected chi connectivity index (χ1v) is 6.37. The summed E-state index contributed by atoms with van der Waals surface area (Å²) < 4.78 is 0. The SMILES string of the molecule is CC1(NCc2cccc3c2NCCC3)CC1. The quantitative estimate of drug-likeness (QED) is 0.811. The van der Waals surface area contributed by atoms with Crippen LogP contribution in [0.25, 0.3) is 0 Å². The average Bonchev–Trinajstić information content (AvgIpc) is 3.05. The Hall–Kier alpha value is -1.02. The van der Waals surface area contributed by atoms with Gasteiger partial charge in [0, 0.05) is 24.3 Å². The van der Waals surface area contributed by atoms with E-state index in [1.54, 1.807) is 0 Å². The fraction of sp³-hybridized carbons (Fsp3) is 0.571. The molecule has 0 bridgehead atoms. The highest BCUT2D eigenvalue weighted by Crippen LogP contribution is 2.35. The van der Waals surface area contributed by atoms with Crippen molar-refractivity contribution in [3.05, 3.63) is 29.3 Å². The fourth-order valence-corrected chi connectivity index (χ4v) is 2.40. The fourth-order valence-electron chi connectivity index (χ4n) is 2.40. The van der Waals surface area contributed by atoms with Gasteiger partial charge in [-0.3, -0.25) is 0 Å². The van der Waals surface area contributed by atoms with Crippen molar-refractivity contribution in [1.29, 1.82) is 0 Å². The maximum absolute atomic E-state index is 3.66. The van der Waals surface area contributed by atoms with E-state index in [1.165, 1.54) is 42.5 Å².